The predicted molar refractivity (Wildman–Crippen MR) is 133 cm³/mol. The summed E-state index contributed by atoms with van der Waals surface area (Å²) in [5.74, 6) is 0. The smallest absolute Gasteiger partial charge is 0.336 e. The summed E-state index contributed by atoms with van der Waals surface area (Å²) in [6.07, 6.45) is 0. The highest BCUT2D eigenvalue weighted by Crippen LogP contribution is 2.17. The van der Waals surface area contributed by atoms with Gasteiger partial charge in [0.05, 0.1) is 13.2 Å². The van der Waals surface area contributed by atoms with Crippen LogP contribution in [0.1, 0.15) is 90.5 Å². The van der Waals surface area contributed by atoms with Crippen LogP contribution in [0, 0.1) is 16.2 Å². The number of hydrogen-bond donors (Lipinski definition) is 0. The first kappa shape index (κ1) is 34.0. The van der Waals surface area contributed by atoms with Crippen molar-refractivity contribution in [2.24, 2.45) is 23.3 Å². The summed E-state index contributed by atoms with van der Waals surface area (Å²) in [7, 11) is 1.36. The highest BCUT2D eigenvalue weighted by atomic mass is 16.5. The fourth-order valence-electron chi connectivity index (χ4n) is 1.96. The Bertz CT molecular complexity index is 733. The topological polar surface area (TPSA) is 75.2 Å². The van der Waals surface area contributed by atoms with Crippen LogP contribution in [0.5, 0.6) is 0 Å². The first-order valence-corrected chi connectivity index (χ1v) is 10.7. The van der Waals surface area contributed by atoms with E-state index < -0.39 is 17.1 Å². The molecule has 7 nitrogen and oxygen atoms in total. The van der Waals surface area contributed by atoms with Gasteiger partial charge in [-0.15, -0.1) is 0 Å². The lowest BCUT2D eigenvalue weighted by molar-refractivity contribution is 0.0275. The second-order valence-corrected chi connectivity index (χ2v) is 11.5. The SMILES string of the molecule is C.CC(C)(C)C.CC(C)(C)COCC(C)(C)C.CCn1c(=O)n(C)c(=O)n(CC)c1=O. The molecule has 0 saturated heterocycles. The zero-order valence-corrected chi connectivity index (χ0v) is 21.8. The predicted octanol–water partition coefficient (Wildman–Crippen LogP) is 4.53. The van der Waals surface area contributed by atoms with E-state index in [9.17, 15) is 14.4 Å². The molecule has 0 aromatic carbocycles. The van der Waals surface area contributed by atoms with E-state index in [1.54, 1.807) is 13.8 Å². The van der Waals surface area contributed by atoms with Gasteiger partial charge >= 0.3 is 17.1 Å². The maximum atomic E-state index is 11.5. The van der Waals surface area contributed by atoms with Gasteiger partial charge < -0.3 is 4.74 Å². The molecule has 1 aromatic rings. The molecule has 0 radical (unpaired) electrons. The van der Waals surface area contributed by atoms with Gasteiger partial charge in [-0.2, -0.15) is 0 Å². The Morgan fingerprint density at radius 2 is 0.903 bits per heavy atom. The van der Waals surface area contributed by atoms with E-state index in [2.05, 4.69) is 69.2 Å². The largest absolute Gasteiger partial charge is 0.380 e. The number of aromatic nitrogens is 3. The van der Waals surface area contributed by atoms with Crippen molar-refractivity contribution in [3.8, 4) is 0 Å². The van der Waals surface area contributed by atoms with Gasteiger partial charge in [-0.25, -0.2) is 28.1 Å². The highest BCUT2D eigenvalue weighted by molar-refractivity contribution is 4.76. The first-order valence-electron chi connectivity index (χ1n) is 10.7. The van der Waals surface area contributed by atoms with Crippen molar-refractivity contribution >= 4 is 0 Å². The van der Waals surface area contributed by atoms with Gasteiger partial charge in [0.2, 0.25) is 0 Å². The first-order chi connectivity index (χ1) is 13.2. The molecule has 0 aliphatic rings. The van der Waals surface area contributed by atoms with Crippen molar-refractivity contribution in [2.45, 2.75) is 104 Å². The minimum atomic E-state index is -0.563. The molecular formula is C24H51N3O4. The molecule has 0 aliphatic carbocycles. The van der Waals surface area contributed by atoms with Crippen molar-refractivity contribution in [1.29, 1.82) is 0 Å². The van der Waals surface area contributed by atoms with Crippen molar-refractivity contribution in [1.82, 2.24) is 13.7 Å². The zero-order chi connectivity index (χ0) is 24.5. The third-order valence-corrected chi connectivity index (χ3v) is 3.20. The summed E-state index contributed by atoms with van der Waals surface area (Å²) in [4.78, 5) is 34.4. The Hall–Kier alpha value is -1.63. The standard InChI is InChI=1S/C10H22O.C8H13N3O3.C5H12.CH4/c1-9(2,3)7-11-8-10(4,5)6;1-4-10-6(12)9(3)7(13)11(5-2)8(10)14;1-5(2,3)4;/h7-8H2,1-6H3;4-5H2,1-3H3;1-4H3;1H4. The lowest BCUT2D eigenvalue weighted by Crippen LogP contribution is -2.53. The summed E-state index contributed by atoms with van der Waals surface area (Å²) >= 11 is 0. The Kier molecular flexibility index (Phi) is 15.0. The summed E-state index contributed by atoms with van der Waals surface area (Å²) in [5.41, 5.74) is -0.571. The number of nitrogens with zero attached hydrogens (tertiary/aromatic N) is 3. The third kappa shape index (κ3) is 16.7. The van der Waals surface area contributed by atoms with Gasteiger partial charge in [0.1, 0.15) is 0 Å². The molecule has 7 heteroatoms. The van der Waals surface area contributed by atoms with Gasteiger partial charge in [-0.1, -0.05) is 76.7 Å². The van der Waals surface area contributed by atoms with E-state index >= 15 is 0 Å². The Balaban J connectivity index is -0.000000414. The second-order valence-electron chi connectivity index (χ2n) is 11.5. The normalized spacial score (nSPS) is 11.5. The molecule has 0 fully saturated rings. The maximum Gasteiger partial charge on any atom is 0.336 e. The van der Waals surface area contributed by atoms with Crippen molar-refractivity contribution in [3.63, 3.8) is 0 Å². The number of hydrogen-bond acceptors (Lipinski definition) is 4. The quantitative estimate of drug-likeness (QED) is 0.682. The number of rotatable bonds is 4. The molecule has 0 spiro atoms. The monoisotopic (exact) mass is 445 g/mol. The Morgan fingerprint density at radius 1 is 0.645 bits per heavy atom. The molecule has 0 N–H and O–H groups in total. The molecule has 31 heavy (non-hydrogen) atoms. The van der Waals surface area contributed by atoms with Gasteiger partial charge in [-0.3, -0.25) is 0 Å². The average Bonchev–Trinajstić information content (AvgIpc) is 2.50. The Morgan fingerprint density at radius 3 is 1.10 bits per heavy atom. The molecule has 186 valence electrons. The lowest BCUT2D eigenvalue weighted by atomic mass is 9.97. The summed E-state index contributed by atoms with van der Waals surface area (Å²) in [6, 6.07) is 0. The summed E-state index contributed by atoms with van der Waals surface area (Å²) in [5, 5.41) is 0. The van der Waals surface area contributed by atoms with Gasteiger partial charge in [-0.05, 0) is 30.1 Å². The number of ether oxygens (including phenoxy) is 1. The minimum Gasteiger partial charge on any atom is -0.380 e. The fourth-order valence-corrected chi connectivity index (χ4v) is 1.96. The lowest BCUT2D eigenvalue weighted by Gasteiger charge is -2.23. The molecular weight excluding hydrogens is 394 g/mol. The third-order valence-electron chi connectivity index (χ3n) is 3.20. The van der Waals surface area contributed by atoms with E-state index in [-0.39, 0.29) is 20.5 Å². The van der Waals surface area contributed by atoms with Crippen LogP contribution < -0.4 is 17.1 Å². The molecule has 0 atom stereocenters. The average molecular weight is 446 g/mol. The molecule has 1 aromatic heterocycles. The maximum absolute atomic E-state index is 11.5. The summed E-state index contributed by atoms with van der Waals surface area (Å²) in [6.45, 7) is 27.5. The molecule has 1 rings (SSSR count). The van der Waals surface area contributed by atoms with Crippen molar-refractivity contribution in [3.05, 3.63) is 31.5 Å². The molecule has 0 unspecified atom stereocenters. The van der Waals surface area contributed by atoms with Gasteiger partial charge in [0, 0.05) is 20.1 Å². The minimum absolute atomic E-state index is 0. The van der Waals surface area contributed by atoms with Crippen LogP contribution in [0.3, 0.4) is 0 Å². The van der Waals surface area contributed by atoms with Crippen LogP contribution in [-0.4, -0.2) is 26.9 Å². The van der Waals surface area contributed by atoms with E-state index in [1.165, 1.54) is 7.05 Å². The highest BCUT2D eigenvalue weighted by Gasteiger charge is 2.14. The van der Waals surface area contributed by atoms with E-state index in [0.717, 1.165) is 26.9 Å². The van der Waals surface area contributed by atoms with Crippen molar-refractivity contribution in [2.75, 3.05) is 13.2 Å². The zero-order valence-electron chi connectivity index (χ0n) is 21.8. The van der Waals surface area contributed by atoms with E-state index in [4.69, 9.17) is 4.74 Å². The van der Waals surface area contributed by atoms with E-state index in [0.29, 0.717) is 16.2 Å². The molecule has 1 heterocycles. The fraction of sp³-hybridized carbons (Fsp3) is 0.875. The van der Waals surface area contributed by atoms with Crippen LogP contribution in [0.25, 0.3) is 0 Å². The van der Waals surface area contributed by atoms with Crippen LogP contribution in [0.4, 0.5) is 0 Å². The Labute approximate surface area is 190 Å². The molecule has 0 bridgehead atoms. The van der Waals surface area contributed by atoms with Crippen molar-refractivity contribution < 1.29 is 4.74 Å². The van der Waals surface area contributed by atoms with Gasteiger partial charge in [0.15, 0.2) is 0 Å². The second kappa shape index (κ2) is 13.7. The molecule has 0 saturated carbocycles. The van der Waals surface area contributed by atoms with Crippen LogP contribution >= 0.6 is 0 Å². The van der Waals surface area contributed by atoms with Crippen LogP contribution in [0.15, 0.2) is 14.4 Å². The molecule has 0 aliphatic heterocycles. The molecule has 0 amide bonds. The van der Waals surface area contributed by atoms with E-state index in [1.807, 2.05) is 0 Å². The summed E-state index contributed by atoms with van der Waals surface area (Å²) < 4.78 is 8.57. The van der Waals surface area contributed by atoms with Gasteiger partial charge in [0.25, 0.3) is 0 Å². The van der Waals surface area contributed by atoms with Crippen LogP contribution in [0.2, 0.25) is 0 Å². The van der Waals surface area contributed by atoms with Crippen LogP contribution in [-0.2, 0) is 24.9 Å².